The summed E-state index contributed by atoms with van der Waals surface area (Å²) in [4.78, 5) is 19.9. The molecule has 0 radical (unpaired) electrons. The first-order valence-corrected chi connectivity index (χ1v) is 9.90. The Kier molecular flexibility index (Phi) is 4.59. The van der Waals surface area contributed by atoms with Gasteiger partial charge in [-0.1, -0.05) is 36.4 Å². The molecule has 6 heteroatoms. The standard InChI is InChI=1S/C24H21N3O3/c1-17-23(30-21-12-6-5-11-20(21)29-17)24(28)27(18-9-3-2-4-10-18)16-19-15-25-22-13-7-8-14-26(19)22/h2-15,17,23H,16H2,1H3/t17-,23+/m0/s1. The summed E-state index contributed by atoms with van der Waals surface area (Å²) >= 11 is 0. The van der Waals surface area contributed by atoms with Crippen molar-refractivity contribution in [3.63, 3.8) is 0 Å². The summed E-state index contributed by atoms with van der Waals surface area (Å²) in [6.45, 7) is 2.22. The fourth-order valence-corrected chi connectivity index (χ4v) is 3.71. The molecule has 2 aromatic heterocycles. The Morgan fingerprint density at radius 1 is 0.967 bits per heavy atom. The molecule has 1 amide bonds. The molecule has 0 saturated carbocycles. The molecular formula is C24H21N3O3. The van der Waals surface area contributed by atoms with Gasteiger partial charge >= 0.3 is 0 Å². The number of amides is 1. The van der Waals surface area contributed by atoms with E-state index in [9.17, 15) is 4.79 Å². The molecular weight excluding hydrogens is 378 g/mol. The number of aromatic nitrogens is 2. The lowest BCUT2D eigenvalue weighted by molar-refractivity contribution is -0.130. The van der Waals surface area contributed by atoms with Crippen LogP contribution in [-0.2, 0) is 11.3 Å². The number of para-hydroxylation sites is 3. The van der Waals surface area contributed by atoms with Crippen molar-refractivity contribution in [1.29, 1.82) is 0 Å². The normalized spacial score (nSPS) is 17.6. The average molecular weight is 399 g/mol. The molecule has 1 aliphatic rings. The van der Waals surface area contributed by atoms with Gasteiger partial charge in [0.1, 0.15) is 11.8 Å². The first-order chi connectivity index (χ1) is 14.7. The Bertz CT molecular complexity index is 1190. The molecule has 2 aromatic carbocycles. The van der Waals surface area contributed by atoms with Crippen LogP contribution in [0.25, 0.3) is 5.65 Å². The van der Waals surface area contributed by atoms with Gasteiger partial charge < -0.3 is 18.8 Å². The predicted octanol–water partition coefficient (Wildman–Crippen LogP) is 4.10. The van der Waals surface area contributed by atoms with Crippen LogP contribution in [0.3, 0.4) is 0 Å². The number of anilines is 1. The van der Waals surface area contributed by atoms with E-state index in [1.54, 1.807) is 11.1 Å². The highest BCUT2D eigenvalue weighted by Crippen LogP contribution is 2.34. The second-order valence-electron chi connectivity index (χ2n) is 7.25. The summed E-state index contributed by atoms with van der Waals surface area (Å²) in [7, 11) is 0. The molecule has 3 heterocycles. The molecule has 0 aliphatic carbocycles. The summed E-state index contributed by atoms with van der Waals surface area (Å²) in [5, 5.41) is 0. The van der Waals surface area contributed by atoms with Crippen LogP contribution in [0.2, 0.25) is 0 Å². The maximum Gasteiger partial charge on any atom is 0.272 e. The third-order valence-electron chi connectivity index (χ3n) is 5.23. The number of fused-ring (bicyclic) bond motifs is 2. The number of hydrogen-bond donors (Lipinski definition) is 0. The van der Waals surface area contributed by atoms with Gasteiger partial charge in [0.2, 0.25) is 6.10 Å². The first-order valence-electron chi connectivity index (χ1n) is 9.90. The predicted molar refractivity (Wildman–Crippen MR) is 114 cm³/mol. The molecule has 0 saturated heterocycles. The van der Waals surface area contributed by atoms with Gasteiger partial charge in [-0.2, -0.15) is 0 Å². The van der Waals surface area contributed by atoms with Crippen molar-refractivity contribution in [2.24, 2.45) is 0 Å². The molecule has 150 valence electrons. The highest BCUT2D eigenvalue weighted by molar-refractivity contribution is 5.97. The van der Waals surface area contributed by atoms with Crippen molar-refractivity contribution >= 4 is 17.2 Å². The van der Waals surface area contributed by atoms with Crippen molar-refractivity contribution < 1.29 is 14.3 Å². The average Bonchev–Trinajstić information content (AvgIpc) is 3.20. The number of carbonyl (C=O) groups is 1. The first kappa shape index (κ1) is 18.2. The van der Waals surface area contributed by atoms with Gasteiger partial charge in [0.15, 0.2) is 11.5 Å². The third kappa shape index (κ3) is 3.26. The smallest absolute Gasteiger partial charge is 0.272 e. The van der Waals surface area contributed by atoms with E-state index < -0.39 is 12.2 Å². The molecule has 0 bridgehead atoms. The van der Waals surface area contributed by atoms with Crippen molar-refractivity contribution in [3.05, 3.63) is 90.9 Å². The number of nitrogens with zero attached hydrogens (tertiary/aromatic N) is 3. The van der Waals surface area contributed by atoms with E-state index in [-0.39, 0.29) is 5.91 Å². The van der Waals surface area contributed by atoms with Crippen LogP contribution in [0.1, 0.15) is 12.6 Å². The molecule has 0 N–H and O–H groups in total. The number of carbonyl (C=O) groups excluding carboxylic acids is 1. The molecule has 2 atom stereocenters. The number of rotatable bonds is 4. The Labute approximate surface area is 174 Å². The highest BCUT2D eigenvalue weighted by Gasteiger charge is 2.37. The lowest BCUT2D eigenvalue weighted by Gasteiger charge is -2.34. The Balaban J connectivity index is 1.50. The second-order valence-corrected chi connectivity index (χ2v) is 7.25. The Morgan fingerprint density at radius 3 is 2.47 bits per heavy atom. The number of hydrogen-bond acceptors (Lipinski definition) is 4. The monoisotopic (exact) mass is 399 g/mol. The zero-order valence-electron chi connectivity index (χ0n) is 16.5. The topological polar surface area (TPSA) is 56.1 Å². The molecule has 4 aromatic rings. The molecule has 0 unspecified atom stereocenters. The van der Waals surface area contributed by atoms with Gasteiger partial charge in [0.05, 0.1) is 18.4 Å². The van der Waals surface area contributed by atoms with Gasteiger partial charge in [-0.3, -0.25) is 4.79 Å². The lowest BCUT2D eigenvalue weighted by Crippen LogP contribution is -2.50. The number of ether oxygens (including phenoxy) is 2. The number of benzene rings is 2. The van der Waals surface area contributed by atoms with E-state index in [0.717, 1.165) is 17.0 Å². The van der Waals surface area contributed by atoms with Crippen LogP contribution in [0, 0.1) is 0 Å². The minimum Gasteiger partial charge on any atom is -0.482 e. The van der Waals surface area contributed by atoms with E-state index in [4.69, 9.17) is 9.47 Å². The fraction of sp³-hybridized carbons (Fsp3) is 0.167. The van der Waals surface area contributed by atoms with E-state index in [0.29, 0.717) is 18.0 Å². The summed E-state index contributed by atoms with van der Waals surface area (Å²) < 4.78 is 14.0. The molecule has 30 heavy (non-hydrogen) atoms. The molecule has 0 spiro atoms. The van der Waals surface area contributed by atoms with Gasteiger partial charge in [-0.15, -0.1) is 0 Å². The van der Waals surface area contributed by atoms with Crippen molar-refractivity contribution in [2.75, 3.05) is 4.90 Å². The van der Waals surface area contributed by atoms with E-state index in [1.807, 2.05) is 90.3 Å². The molecule has 5 rings (SSSR count). The number of imidazole rings is 1. The third-order valence-corrected chi connectivity index (χ3v) is 5.23. The quantitative estimate of drug-likeness (QED) is 0.519. The molecule has 6 nitrogen and oxygen atoms in total. The number of pyridine rings is 1. The van der Waals surface area contributed by atoms with Crippen molar-refractivity contribution in [1.82, 2.24) is 9.38 Å². The van der Waals surface area contributed by atoms with E-state index in [2.05, 4.69) is 4.98 Å². The van der Waals surface area contributed by atoms with Gasteiger partial charge in [-0.05, 0) is 43.3 Å². The van der Waals surface area contributed by atoms with Crippen molar-refractivity contribution in [2.45, 2.75) is 25.7 Å². The highest BCUT2D eigenvalue weighted by atomic mass is 16.6. The summed E-state index contributed by atoms with van der Waals surface area (Å²) in [5.74, 6) is 1.08. The zero-order valence-corrected chi connectivity index (χ0v) is 16.5. The van der Waals surface area contributed by atoms with Crippen LogP contribution in [-0.4, -0.2) is 27.5 Å². The maximum atomic E-state index is 13.7. The van der Waals surface area contributed by atoms with Gasteiger partial charge in [-0.25, -0.2) is 4.98 Å². The van der Waals surface area contributed by atoms with Crippen LogP contribution >= 0.6 is 0 Å². The summed E-state index contributed by atoms with van der Waals surface area (Å²) in [6.07, 6.45) is 2.58. The van der Waals surface area contributed by atoms with Crippen LogP contribution < -0.4 is 14.4 Å². The van der Waals surface area contributed by atoms with Gasteiger partial charge in [0.25, 0.3) is 5.91 Å². The van der Waals surface area contributed by atoms with Crippen LogP contribution in [0.5, 0.6) is 11.5 Å². The SMILES string of the molecule is C[C@@H]1Oc2ccccc2O[C@H]1C(=O)N(Cc1cnc2ccccn12)c1ccccc1. The lowest BCUT2D eigenvalue weighted by atomic mass is 10.1. The summed E-state index contributed by atoms with van der Waals surface area (Å²) in [5.41, 5.74) is 2.54. The maximum absolute atomic E-state index is 13.7. The van der Waals surface area contributed by atoms with E-state index >= 15 is 0 Å². The second kappa shape index (κ2) is 7.55. The minimum absolute atomic E-state index is 0.158. The Morgan fingerprint density at radius 2 is 1.67 bits per heavy atom. The van der Waals surface area contributed by atoms with Crippen molar-refractivity contribution in [3.8, 4) is 11.5 Å². The molecule has 1 aliphatic heterocycles. The van der Waals surface area contributed by atoms with Gasteiger partial charge in [0, 0.05) is 11.9 Å². The fourth-order valence-electron chi connectivity index (χ4n) is 3.71. The zero-order chi connectivity index (χ0) is 20.5. The minimum atomic E-state index is -0.751. The summed E-state index contributed by atoms with van der Waals surface area (Å²) in [6, 6.07) is 22.9. The van der Waals surface area contributed by atoms with Crippen LogP contribution in [0.4, 0.5) is 5.69 Å². The Hall–Kier alpha value is -3.80. The van der Waals surface area contributed by atoms with E-state index in [1.165, 1.54) is 0 Å². The molecule has 0 fully saturated rings. The largest absolute Gasteiger partial charge is 0.482 e. The van der Waals surface area contributed by atoms with Crippen LogP contribution in [0.15, 0.2) is 85.2 Å².